The third-order valence-electron chi connectivity index (χ3n) is 2.97. The monoisotopic (exact) mass is 325 g/mol. The van der Waals surface area contributed by atoms with Gasteiger partial charge in [0.25, 0.3) is 0 Å². The second-order valence-electron chi connectivity index (χ2n) is 4.92. The van der Waals surface area contributed by atoms with E-state index in [-0.39, 0.29) is 11.9 Å². The van der Waals surface area contributed by atoms with E-state index in [2.05, 4.69) is 18.0 Å². The first-order valence-electron chi connectivity index (χ1n) is 6.47. The Morgan fingerprint density at radius 3 is 2.45 bits per heavy atom. The molecule has 0 aromatic heterocycles. The smallest absolute Gasteiger partial charge is 0.346 e. The number of carbonyl (C=O) groups is 1. The van der Waals surface area contributed by atoms with Crippen LogP contribution in [0.1, 0.15) is 23.1 Å². The van der Waals surface area contributed by atoms with Crippen LogP contribution in [0, 0.1) is 6.92 Å². The van der Waals surface area contributed by atoms with E-state index < -0.39 is 10.1 Å². The van der Waals surface area contributed by atoms with E-state index in [1.54, 1.807) is 6.08 Å². The molecule has 0 aliphatic heterocycles. The zero-order valence-corrected chi connectivity index (χ0v) is 13.2. The van der Waals surface area contributed by atoms with E-state index in [4.69, 9.17) is 24.4 Å². The maximum absolute atomic E-state index is 11.5. The van der Waals surface area contributed by atoms with Gasteiger partial charge >= 0.3 is 11.9 Å². The molecular weight excluding hydrogens is 306 g/mol. The topological polar surface area (TPSA) is 140 Å². The van der Waals surface area contributed by atoms with E-state index in [0.717, 1.165) is 24.0 Å². The van der Waals surface area contributed by atoms with E-state index in [9.17, 15) is 4.79 Å². The summed E-state index contributed by atoms with van der Waals surface area (Å²) in [4.78, 5) is 13.9. The number of nitrogens with two attached hydrogens (primary N) is 2. The molecule has 5 N–H and O–H groups in total. The minimum atomic E-state index is -3.92. The number of nitrogens with one attached hydrogen (secondary N) is 1. The van der Waals surface area contributed by atoms with Crippen molar-refractivity contribution in [1.29, 1.82) is 0 Å². The van der Waals surface area contributed by atoms with Crippen LogP contribution < -0.4 is 16.5 Å². The number of fused-ring (bicyclic) bond motifs is 1. The molecule has 2 rings (SSSR count). The second kappa shape index (κ2) is 7.19. The quantitative estimate of drug-likeness (QED) is 0.245. The van der Waals surface area contributed by atoms with Gasteiger partial charge in [-0.1, -0.05) is 18.2 Å². The van der Waals surface area contributed by atoms with Gasteiger partial charge < -0.3 is 4.55 Å². The molecule has 0 fully saturated rings. The highest BCUT2D eigenvalue weighted by Crippen LogP contribution is 2.33. The highest BCUT2D eigenvalue weighted by atomic mass is 32.2. The Hall–Kier alpha value is -2.19. The molecule has 8 heteroatoms. The summed E-state index contributed by atoms with van der Waals surface area (Å²) in [7, 11) is -3.92. The molecule has 0 spiro atoms. The molecule has 120 valence electrons. The van der Waals surface area contributed by atoms with Crippen molar-refractivity contribution in [3.05, 3.63) is 41.0 Å². The SMILES string of the molecule is CS(=O)(=O)[O-].Cc1cccc2c1CC/C2=C\C(=O)[NH+]=C(N)N. The lowest BCUT2D eigenvalue weighted by molar-refractivity contribution is -0.372. The number of aryl methyl sites for hydroxylation is 1. The summed E-state index contributed by atoms with van der Waals surface area (Å²) in [6.45, 7) is 2.09. The number of allylic oxidation sites excluding steroid dienone is 1. The summed E-state index contributed by atoms with van der Waals surface area (Å²) in [5.41, 5.74) is 15.2. The third-order valence-corrected chi connectivity index (χ3v) is 2.97. The Kier molecular flexibility index (Phi) is 5.84. The van der Waals surface area contributed by atoms with Crippen LogP contribution in [0.4, 0.5) is 0 Å². The number of benzene rings is 1. The van der Waals surface area contributed by atoms with Crippen LogP contribution in [-0.4, -0.2) is 31.1 Å². The van der Waals surface area contributed by atoms with Crippen molar-refractivity contribution >= 4 is 27.6 Å². The van der Waals surface area contributed by atoms with Crippen LogP contribution in [0.15, 0.2) is 24.3 Å². The van der Waals surface area contributed by atoms with Crippen molar-refractivity contribution in [3.8, 4) is 0 Å². The fourth-order valence-electron chi connectivity index (χ4n) is 2.22. The first kappa shape index (κ1) is 17.9. The molecule has 22 heavy (non-hydrogen) atoms. The minimum absolute atomic E-state index is 0.0747. The van der Waals surface area contributed by atoms with Crippen molar-refractivity contribution in [2.75, 3.05) is 6.26 Å². The van der Waals surface area contributed by atoms with Gasteiger partial charge in [-0.2, -0.15) is 0 Å². The van der Waals surface area contributed by atoms with Crippen molar-refractivity contribution in [2.24, 2.45) is 11.5 Å². The van der Waals surface area contributed by atoms with Gasteiger partial charge in [0.05, 0.1) is 10.1 Å². The number of amides is 1. The van der Waals surface area contributed by atoms with Crippen LogP contribution in [-0.2, 0) is 21.3 Å². The number of hydrogen-bond donors (Lipinski definition) is 3. The van der Waals surface area contributed by atoms with Crippen molar-refractivity contribution in [3.63, 3.8) is 0 Å². The van der Waals surface area contributed by atoms with Crippen molar-refractivity contribution in [1.82, 2.24) is 0 Å². The van der Waals surface area contributed by atoms with Gasteiger partial charge in [-0.05, 0) is 42.0 Å². The fourth-order valence-corrected chi connectivity index (χ4v) is 2.22. The molecule has 1 aromatic rings. The average Bonchev–Trinajstić information content (AvgIpc) is 2.70. The average molecular weight is 325 g/mol. The maximum atomic E-state index is 11.5. The Morgan fingerprint density at radius 2 is 1.91 bits per heavy atom. The lowest BCUT2D eigenvalue weighted by Crippen LogP contribution is -2.81. The van der Waals surface area contributed by atoms with Gasteiger partial charge in [0, 0.05) is 12.3 Å². The van der Waals surface area contributed by atoms with Crippen LogP contribution >= 0.6 is 0 Å². The van der Waals surface area contributed by atoms with Crippen molar-refractivity contribution in [2.45, 2.75) is 19.8 Å². The summed E-state index contributed by atoms with van der Waals surface area (Å²) in [6, 6.07) is 6.14. The van der Waals surface area contributed by atoms with Gasteiger partial charge in [-0.15, -0.1) is 0 Å². The summed E-state index contributed by atoms with van der Waals surface area (Å²) in [6.07, 6.45) is 4.05. The molecular formula is C14H19N3O4S. The lowest BCUT2D eigenvalue weighted by atomic mass is 10.0. The predicted octanol–water partition coefficient (Wildman–Crippen LogP) is -1.63. The van der Waals surface area contributed by atoms with E-state index in [0.29, 0.717) is 6.26 Å². The third kappa shape index (κ3) is 6.06. The molecule has 7 nitrogen and oxygen atoms in total. The van der Waals surface area contributed by atoms with Crippen LogP contribution in [0.2, 0.25) is 0 Å². The Balaban J connectivity index is 0.000000422. The van der Waals surface area contributed by atoms with Gasteiger partial charge in [0.15, 0.2) is 0 Å². The molecule has 1 amide bonds. The summed E-state index contributed by atoms with van der Waals surface area (Å²) in [5.74, 6) is -0.344. The van der Waals surface area contributed by atoms with E-state index >= 15 is 0 Å². The number of carbonyl (C=O) groups excluding carboxylic acids is 1. The fraction of sp³-hybridized carbons (Fsp3) is 0.286. The van der Waals surface area contributed by atoms with Crippen LogP contribution in [0.5, 0.6) is 0 Å². The van der Waals surface area contributed by atoms with Gasteiger partial charge in [0.1, 0.15) is 0 Å². The largest absolute Gasteiger partial charge is 0.748 e. The number of hydrogen-bond acceptors (Lipinski definition) is 4. The summed E-state index contributed by atoms with van der Waals surface area (Å²) < 4.78 is 27.2. The Morgan fingerprint density at radius 1 is 1.32 bits per heavy atom. The minimum Gasteiger partial charge on any atom is -0.748 e. The summed E-state index contributed by atoms with van der Waals surface area (Å²) >= 11 is 0. The predicted molar refractivity (Wildman–Crippen MR) is 82.4 cm³/mol. The Bertz CT molecular complexity index is 724. The molecule has 0 unspecified atom stereocenters. The zero-order valence-electron chi connectivity index (χ0n) is 12.4. The first-order valence-corrected chi connectivity index (χ1v) is 8.28. The van der Waals surface area contributed by atoms with E-state index in [1.807, 2.05) is 12.1 Å². The molecule has 1 aromatic carbocycles. The van der Waals surface area contributed by atoms with Crippen molar-refractivity contribution < 1.29 is 22.8 Å². The standard InChI is InChI=1S/C13H15N3O.CH4O3S/c1-8-3-2-4-11-9(5-6-10(8)11)7-12(17)16-13(14)15;1-5(2,3)4/h2-4,7H,5-6H2,1H3,(H4,14,15,16,17);1H3,(H,2,3,4)/b9-7+;. The highest BCUT2D eigenvalue weighted by molar-refractivity contribution is 7.84. The molecule has 0 atom stereocenters. The zero-order chi connectivity index (χ0) is 16.9. The molecule has 0 heterocycles. The van der Waals surface area contributed by atoms with Crippen LogP contribution in [0.25, 0.3) is 5.57 Å². The first-order chi connectivity index (χ1) is 10.1. The van der Waals surface area contributed by atoms with E-state index in [1.165, 1.54) is 11.1 Å². The number of rotatable bonds is 1. The lowest BCUT2D eigenvalue weighted by Gasteiger charge is -2.02. The normalized spacial score (nSPS) is 14.8. The van der Waals surface area contributed by atoms with Gasteiger partial charge in [0.2, 0.25) is 0 Å². The second-order valence-corrected chi connectivity index (χ2v) is 6.33. The molecule has 0 bridgehead atoms. The number of guanidine groups is 1. The summed E-state index contributed by atoms with van der Waals surface area (Å²) in [5, 5.41) is 0. The molecule has 1 aliphatic rings. The maximum Gasteiger partial charge on any atom is 0.346 e. The molecule has 1 aliphatic carbocycles. The highest BCUT2D eigenvalue weighted by Gasteiger charge is 2.18. The molecule has 0 saturated heterocycles. The molecule has 0 saturated carbocycles. The Labute approximate surface area is 129 Å². The van der Waals surface area contributed by atoms with Crippen LogP contribution in [0.3, 0.4) is 0 Å². The molecule has 0 radical (unpaired) electrons. The van der Waals surface area contributed by atoms with Gasteiger partial charge in [-0.3, -0.25) is 16.3 Å². The van der Waals surface area contributed by atoms with Gasteiger partial charge in [-0.25, -0.2) is 13.4 Å².